The molecule has 0 aliphatic rings. The van der Waals surface area contributed by atoms with E-state index in [1.807, 2.05) is 12.1 Å². The SMILES string of the molecule is CC(=O)NC(CC(=O)NCc1ccnc(OCC(F)(F)F)c1)c1ccc(Br)cc1. The Bertz CT molecular complexity index is 845. The molecule has 1 aromatic heterocycles. The van der Waals surface area contributed by atoms with Gasteiger partial charge in [-0.2, -0.15) is 13.2 Å². The summed E-state index contributed by atoms with van der Waals surface area (Å²) in [6.45, 7) is 0.00145. The number of amides is 2. The van der Waals surface area contributed by atoms with Gasteiger partial charge in [-0.05, 0) is 29.3 Å². The molecule has 0 aliphatic carbocycles. The van der Waals surface area contributed by atoms with Crippen molar-refractivity contribution < 1.29 is 27.5 Å². The summed E-state index contributed by atoms with van der Waals surface area (Å²) in [6, 6.07) is 9.58. The van der Waals surface area contributed by atoms with Crippen LogP contribution in [0.1, 0.15) is 30.5 Å². The van der Waals surface area contributed by atoms with Gasteiger partial charge >= 0.3 is 6.18 Å². The number of halogens is 4. The van der Waals surface area contributed by atoms with Crippen LogP contribution in [-0.4, -0.2) is 29.6 Å². The molecule has 0 saturated heterocycles. The van der Waals surface area contributed by atoms with Crippen molar-refractivity contribution in [1.29, 1.82) is 0 Å². The third-order valence-corrected chi connectivity index (χ3v) is 4.24. The zero-order valence-corrected chi connectivity index (χ0v) is 17.0. The van der Waals surface area contributed by atoms with E-state index in [-0.39, 0.29) is 30.7 Å². The van der Waals surface area contributed by atoms with E-state index in [1.54, 1.807) is 18.2 Å². The normalized spacial score (nSPS) is 12.2. The number of nitrogens with zero attached hydrogens (tertiary/aromatic N) is 1. The third-order valence-electron chi connectivity index (χ3n) is 3.71. The van der Waals surface area contributed by atoms with E-state index in [0.29, 0.717) is 5.56 Å². The van der Waals surface area contributed by atoms with Gasteiger partial charge in [0.25, 0.3) is 0 Å². The number of ether oxygens (including phenoxy) is 1. The van der Waals surface area contributed by atoms with E-state index in [9.17, 15) is 22.8 Å². The van der Waals surface area contributed by atoms with Crippen LogP contribution in [0.25, 0.3) is 0 Å². The number of rotatable bonds is 8. The standard InChI is InChI=1S/C19H19BrF3N3O3/c1-12(27)26-16(14-2-4-15(20)5-3-14)9-17(28)25-10-13-6-7-24-18(8-13)29-11-19(21,22)23/h2-8,16H,9-11H2,1H3,(H,25,28)(H,26,27). The van der Waals surface area contributed by atoms with Gasteiger partial charge in [0, 0.05) is 30.2 Å². The van der Waals surface area contributed by atoms with Crippen LogP contribution in [0.5, 0.6) is 5.88 Å². The number of alkyl halides is 3. The lowest BCUT2D eigenvalue weighted by molar-refractivity contribution is -0.154. The first-order valence-electron chi connectivity index (χ1n) is 8.56. The minimum atomic E-state index is -4.46. The van der Waals surface area contributed by atoms with Gasteiger partial charge in [0.15, 0.2) is 6.61 Å². The van der Waals surface area contributed by atoms with Crippen molar-refractivity contribution in [3.05, 3.63) is 58.2 Å². The summed E-state index contributed by atoms with van der Waals surface area (Å²) in [5, 5.41) is 5.41. The van der Waals surface area contributed by atoms with Crippen molar-refractivity contribution in [2.24, 2.45) is 0 Å². The van der Waals surface area contributed by atoms with Gasteiger partial charge in [0.05, 0.1) is 12.5 Å². The van der Waals surface area contributed by atoms with Crippen molar-refractivity contribution in [2.75, 3.05) is 6.61 Å². The molecular formula is C19H19BrF3N3O3. The van der Waals surface area contributed by atoms with Crippen LogP contribution in [0.4, 0.5) is 13.2 Å². The highest BCUT2D eigenvalue weighted by Crippen LogP contribution is 2.20. The average Bonchev–Trinajstić information content (AvgIpc) is 2.64. The van der Waals surface area contributed by atoms with Crippen molar-refractivity contribution in [3.63, 3.8) is 0 Å². The van der Waals surface area contributed by atoms with E-state index >= 15 is 0 Å². The predicted molar refractivity (Wildman–Crippen MR) is 103 cm³/mol. The molecule has 156 valence electrons. The van der Waals surface area contributed by atoms with E-state index in [4.69, 9.17) is 0 Å². The van der Waals surface area contributed by atoms with Crippen LogP contribution in [0.2, 0.25) is 0 Å². The molecule has 0 fully saturated rings. The molecule has 6 nitrogen and oxygen atoms in total. The second-order valence-corrected chi connectivity index (χ2v) is 7.11. The second kappa shape index (κ2) is 10.2. The minimum Gasteiger partial charge on any atom is -0.468 e. The van der Waals surface area contributed by atoms with Crippen molar-refractivity contribution >= 4 is 27.7 Å². The zero-order chi connectivity index (χ0) is 21.4. The molecule has 0 bridgehead atoms. The summed E-state index contributed by atoms with van der Waals surface area (Å²) < 4.78 is 42.1. The Morgan fingerprint density at radius 2 is 1.90 bits per heavy atom. The quantitative estimate of drug-likeness (QED) is 0.612. The van der Waals surface area contributed by atoms with Crippen molar-refractivity contribution in [3.8, 4) is 5.88 Å². The number of nitrogens with one attached hydrogen (secondary N) is 2. The topological polar surface area (TPSA) is 80.3 Å². The molecule has 0 aliphatic heterocycles. The summed E-state index contributed by atoms with van der Waals surface area (Å²) in [5.41, 5.74) is 1.30. The van der Waals surface area contributed by atoms with Gasteiger partial charge in [-0.15, -0.1) is 0 Å². The van der Waals surface area contributed by atoms with Crippen LogP contribution >= 0.6 is 15.9 Å². The van der Waals surface area contributed by atoms with E-state index < -0.39 is 18.8 Å². The molecule has 1 heterocycles. The van der Waals surface area contributed by atoms with Gasteiger partial charge in [-0.25, -0.2) is 4.98 Å². The molecule has 0 spiro atoms. The highest BCUT2D eigenvalue weighted by atomic mass is 79.9. The monoisotopic (exact) mass is 473 g/mol. The number of aromatic nitrogens is 1. The maximum Gasteiger partial charge on any atom is 0.422 e. The maximum absolute atomic E-state index is 12.3. The highest BCUT2D eigenvalue weighted by molar-refractivity contribution is 9.10. The Hall–Kier alpha value is -2.62. The predicted octanol–water partition coefficient (Wildman–Crippen LogP) is 3.67. The van der Waals surface area contributed by atoms with Gasteiger partial charge in [-0.1, -0.05) is 28.1 Å². The fraction of sp³-hybridized carbons (Fsp3) is 0.316. The van der Waals surface area contributed by atoms with E-state index in [0.717, 1.165) is 10.0 Å². The molecule has 2 rings (SSSR count). The summed E-state index contributed by atoms with van der Waals surface area (Å²) in [7, 11) is 0. The Balaban J connectivity index is 1.94. The largest absolute Gasteiger partial charge is 0.468 e. The molecule has 0 saturated carbocycles. The maximum atomic E-state index is 12.3. The number of carbonyl (C=O) groups is 2. The van der Waals surface area contributed by atoms with Crippen LogP contribution in [0, 0.1) is 0 Å². The zero-order valence-electron chi connectivity index (χ0n) is 15.4. The lowest BCUT2D eigenvalue weighted by Crippen LogP contribution is -2.32. The average molecular weight is 474 g/mol. The van der Waals surface area contributed by atoms with E-state index in [2.05, 4.69) is 36.3 Å². The fourth-order valence-electron chi connectivity index (χ4n) is 2.45. The molecule has 2 N–H and O–H groups in total. The van der Waals surface area contributed by atoms with Gasteiger partial charge < -0.3 is 15.4 Å². The summed E-state index contributed by atoms with van der Waals surface area (Å²) in [4.78, 5) is 27.5. The Morgan fingerprint density at radius 1 is 1.21 bits per heavy atom. The van der Waals surface area contributed by atoms with E-state index in [1.165, 1.54) is 19.2 Å². The number of hydrogen-bond donors (Lipinski definition) is 2. The van der Waals surface area contributed by atoms with Gasteiger partial charge in [0.1, 0.15) is 0 Å². The molecule has 1 aromatic carbocycles. The number of benzene rings is 1. The van der Waals surface area contributed by atoms with Crippen LogP contribution < -0.4 is 15.4 Å². The lowest BCUT2D eigenvalue weighted by Gasteiger charge is -2.18. The summed E-state index contributed by atoms with van der Waals surface area (Å²) in [6.07, 6.45) is -3.16. The molecule has 29 heavy (non-hydrogen) atoms. The fourth-order valence-corrected chi connectivity index (χ4v) is 2.71. The number of pyridine rings is 1. The Kier molecular flexibility index (Phi) is 8.00. The van der Waals surface area contributed by atoms with Crippen molar-refractivity contribution in [2.45, 2.75) is 32.1 Å². The molecule has 0 radical (unpaired) electrons. The lowest BCUT2D eigenvalue weighted by atomic mass is 10.0. The molecule has 2 amide bonds. The third kappa shape index (κ3) is 8.51. The first-order valence-corrected chi connectivity index (χ1v) is 9.35. The smallest absolute Gasteiger partial charge is 0.422 e. The number of carbonyl (C=O) groups excluding carboxylic acids is 2. The summed E-state index contributed by atoms with van der Waals surface area (Å²) >= 11 is 3.33. The molecular weight excluding hydrogens is 455 g/mol. The Labute approximate surface area is 174 Å². The molecule has 1 atom stereocenters. The van der Waals surface area contributed by atoms with Crippen LogP contribution in [0.3, 0.4) is 0 Å². The Morgan fingerprint density at radius 3 is 2.52 bits per heavy atom. The molecule has 2 aromatic rings. The van der Waals surface area contributed by atoms with Crippen LogP contribution in [0.15, 0.2) is 47.1 Å². The minimum absolute atomic E-state index is 0.00370. The highest BCUT2D eigenvalue weighted by Gasteiger charge is 2.28. The van der Waals surface area contributed by atoms with Gasteiger partial charge in [-0.3, -0.25) is 9.59 Å². The number of hydrogen-bond acceptors (Lipinski definition) is 4. The molecule has 10 heteroatoms. The van der Waals surface area contributed by atoms with Gasteiger partial charge in [0.2, 0.25) is 17.7 Å². The van der Waals surface area contributed by atoms with Crippen molar-refractivity contribution in [1.82, 2.24) is 15.6 Å². The van der Waals surface area contributed by atoms with Crippen LogP contribution in [-0.2, 0) is 16.1 Å². The second-order valence-electron chi connectivity index (χ2n) is 6.19. The summed E-state index contributed by atoms with van der Waals surface area (Å²) in [5.74, 6) is -0.785. The first kappa shape index (κ1) is 22.7. The molecule has 1 unspecified atom stereocenters. The first-order chi connectivity index (χ1) is 13.6.